The van der Waals surface area contributed by atoms with Crippen LogP contribution in [-0.2, 0) is 16.0 Å². The monoisotopic (exact) mass is 221 g/mol. The van der Waals surface area contributed by atoms with Gasteiger partial charge in [-0.05, 0) is 5.56 Å². The minimum Gasteiger partial charge on any atom is -0.364 e. The highest BCUT2D eigenvalue weighted by molar-refractivity contribution is 5.60. The molecule has 1 aliphatic rings. The second-order valence-corrected chi connectivity index (χ2v) is 3.92. The summed E-state index contributed by atoms with van der Waals surface area (Å²) in [5.41, 5.74) is 0.945. The molecule has 1 aliphatic heterocycles. The van der Waals surface area contributed by atoms with Crippen LogP contribution in [0.1, 0.15) is 5.56 Å². The number of hydrogen-bond acceptors (Lipinski definition) is 4. The molecule has 2 atom stereocenters. The predicted molar refractivity (Wildman–Crippen MR) is 58.9 cm³/mol. The maximum absolute atomic E-state index is 10.9. The molecular weight excluding hydrogens is 206 g/mol. The Morgan fingerprint density at radius 3 is 2.94 bits per heavy atom. The van der Waals surface area contributed by atoms with Crippen LogP contribution in [0.2, 0.25) is 0 Å². The van der Waals surface area contributed by atoms with Gasteiger partial charge in [0.05, 0.1) is 6.61 Å². The van der Waals surface area contributed by atoms with Crippen molar-refractivity contribution in [2.45, 2.75) is 18.2 Å². The van der Waals surface area contributed by atoms with Gasteiger partial charge in [-0.1, -0.05) is 30.3 Å². The van der Waals surface area contributed by atoms with Crippen LogP contribution in [0, 0.1) is 0 Å². The van der Waals surface area contributed by atoms with Gasteiger partial charge in [0.2, 0.25) is 0 Å². The number of aliphatic hydroxyl groups is 1. The predicted octanol–water partition coefficient (Wildman–Crippen LogP) is 0.105. The van der Waals surface area contributed by atoms with Gasteiger partial charge in [0, 0.05) is 13.0 Å². The van der Waals surface area contributed by atoms with Gasteiger partial charge >= 0.3 is 0 Å². The van der Waals surface area contributed by atoms with Gasteiger partial charge in [-0.15, -0.1) is 0 Å². The summed E-state index contributed by atoms with van der Waals surface area (Å²) in [6, 6.07) is 8.83. The number of hydrogen-bond donors (Lipinski definition) is 2. The molecule has 0 amide bonds. The van der Waals surface area contributed by atoms with Crippen LogP contribution in [0.5, 0.6) is 0 Å². The molecule has 0 bridgehead atoms. The second-order valence-electron chi connectivity index (χ2n) is 3.92. The highest BCUT2D eigenvalue weighted by Crippen LogP contribution is 2.20. The molecule has 2 unspecified atom stereocenters. The van der Waals surface area contributed by atoms with Crippen LogP contribution in [0.15, 0.2) is 30.3 Å². The van der Waals surface area contributed by atoms with E-state index < -0.39 is 11.8 Å². The lowest BCUT2D eigenvalue weighted by molar-refractivity contribution is -0.231. The Labute approximate surface area is 94.2 Å². The average molecular weight is 221 g/mol. The summed E-state index contributed by atoms with van der Waals surface area (Å²) >= 11 is 0. The lowest BCUT2D eigenvalue weighted by Crippen LogP contribution is -2.60. The Bertz CT molecular complexity index is 355. The minimum atomic E-state index is -1.43. The van der Waals surface area contributed by atoms with Crippen molar-refractivity contribution in [1.82, 2.24) is 5.32 Å². The topological polar surface area (TPSA) is 58.6 Å². The zero-order valence-corrected chi connectivity index (χ0v) is 8.93. The molecule has 1 heterocycles. The molecule has 2 N–H and O–H groups in total. The third-order valence-electron chi connectivity index (χ3n) is 2.74. The zero-order valence-electron chi connectivity index (χ0n) is 8.93. The Hall–Kier alpha value is -1.23. The number of carbonyl (C=O) groups excluding carboxylic acids is 1. The number of aldehydes is 1. The Morgan fingerprint density at radius 1 is 1.50 bits per heavy atom. The van der Waals surface area contributed by atoms with E-state index in [1.165, 1.54) is 0 Å². The molecule has 4 heteroatoms. The highest BCUT2D eigenvalue weighted by atomic mass is 16.6. The molecule has 1 aromatic carbocycles. The fourth-order valence-corrected chi connectivity index (χ4v) is 1.90. The Kier molecular flexibility index (Phi) is 3.33. The summed E-state index contributed by atoms with van der Waals surface area (Å²) in [7, 11) is 0. The van der Waals surface area contributed by atoms with Gasteiger partial charge in [-0.3, -0.25) is 0 Å². The summed E-state index contributed by atoms with van der Waals surface area (Å²) < 4.78 is 5.33. The van der Waals surface area contributed by atoms with Crippen molar-refractivity contribution in [2.75, 3.05) is 13.2 Å². The van der Waals surface area contributed by atoms with E-state index in [9.17, 15) is 9.90 Å². The molecule has 2 rings (SSSR count). The van der Waals surface area contributed by atoms with E-state index in [4.69, 9.17) is 4.74 Å². The van der Waals surface area contributed by atoms with E-state index in [0.717, 1.165) is 5.56 Å². The molecule has 0 saturated carbocycles. The molecule has 4 nitrogen and oxygen atoms in total. The Balaban J connectivity index is 2.14. The second kappa shape index (κ2) is 4.74. The van der Waals surface area contributed by atoms with Crippen molar-refractivity contribution < 1.29 is 14.6 Å². The normalized spacial score (nSPS) is 29.9. The zero-order chi connectivity index (χ0) is 11.4. The first-order valence-electron chi connectivity index (χ1n) is 5.33. The molecule has 86 valence electrons. The highest BCUT2D eigenvalue weighted by Gasteiger charge is 2.40. The summed E-state index contributed by atoms with van der Waals surface area (Å²) in [6.45, 7) is 0.994. The van der Waals surface area contributed by atoms with Crippen LogP contribution in [-0.4, -0.2) is 36.4 Å². The van der Waals surface area contributed by atoms with Crippen molar-refractivity contribution >= 4 is 6.29 Å². The summed E-state index contributed by atoms with van der Waals surface area (Å²) in [6.07, 6.45) is 1.01. The quantitative estimate of drug-likeness (QED) is 0.711. The van der Waals surface area contributed by atoms with Crippen molar-refractivity contribution in [3.05, 3.63) is 35.9 Å². The number of nitrogens with one attached hydrogen (secondary N) is 1. The van der Waals surface area contributed by atoms with Gasteiger partial charge in [0.15, 0.2) is 5.79 Å². The number of morpholine rings is 1. The Morgan fingerprint density at radius 2 is 2.25 bits per heavy atom. The van der Waals surface area contributed by atoms with Crippen LogP contribution in [0.3, 0.4) is 0 Å². The van der Waals surface area contributed by atoms with Crippen LogP contribution >= 0.6 is 0 Å². The van der Waals surface area contributed by atoms with Gasteiger partial charge in [-0.25, -0.2) is 0 Å². The SMILES string of the molecule is O=CC1NCCOC1(O)Cc1ccccc1. The van der Waals surface area contributed by atoms with Crippen molar-refractivity contribution in [1.29, 1.82) is 0 Å². The molecule has 1 aromatic rings. The first kappa shape index (κ1) is 11.3. The summed E-state index contributed by atoms with van der Waals surface area (Å²) in [4.78, 5) is 10.9. The smallest absolute Gasteiger partial charge is 0.192 e. The molecular formula is C12H15NO3. The van der Waals surface area contributed by atoms with E-state index in [-0.39, 0.29) is 0 Å². The largest absolute Gasteiger partial charge is 0.364 e. The van der Waals surface area contributed by atoms with E-state index >= 15 is 0 Å². The van der Waals surface area contributed by atoms with Crippen molar-refractivity contribution in [2.24, 2.45) is 0 Å². The minimum absolute atomic E-state index is 0.310. The molecule has 1 fully saturated rings. The number of rotatable bonds is 3. The maximum Gasteiger partial charge on any atom is 0.192 e. The van der Waals surface area contributed by atoms with Crippen LogP contribution < -0.4 is 5.32 Å². The molecule has 0 spiro atoms. The van der Waals surface area contributed by atoms with Crippen molar-refractivity contribution in [3.8, 4) is 0 Å². The molecule has 16 heavy (non-hydrogen) atoms. The fourth-order valence-electron chi connectivity index (χ4n) is 1.90. The van der Waals surface area contributed by atoms with Gasteiger partial charge in [0.1, 0.15) is 12.3 Å². The third kappa shape index (κ3) is 2.29. The van der Waals surface area contributed by atoms with E-state index in [2.05, 4.69) is 5.32 Å². The molecule has 0 aromatic heterocycles. The third-order valence-corrected chi connectivity index (χ3v) is 2.74. The standard InChI is InChI=1S/C12H15NO3/c14-9-11-12(15,16-7-6-13-11)8-10-4-2-1-3-5-10/h1-5,9,11,13,15H,6-8H2. The average Bonchev–Trinajstić information content (AvgIpc) is 2.30. The van der Waals surface area contributed by atoms with Crippen LogP contribution in [0.25, 0.3) is 0 Å². The van der Waals surface area contributed by atoms with Crippen LogP contribution in [0.4, 0.5) is 0 Å². The fraction of sp³-hybridized carbons (Fsp3) is 0.417. The number of benzene rings is 1. The molecule has 1 saturated heterocycles. The molecule has 0 radical (unpaired) electrons. The first-order valence-corrected chi connectivity index (χ1v) is 5.33. The first-order chi connectivity index (χ1) is 7.74. The van der Waals surface area contributed by atoms with E-state index in [0.29, 0.717) is 25.9 Å². The number of carbonyl (C=O) groups is 1. The van der Waals surface area contributed by atoms with E-state index in [1.807, 2.05) is 30.3 Å². The van der Waals surface area contributed by atoms with Gasteiger partial charge < -0.3 is 20.0 Å². The van der Waals surface area contributed by atoms with Crippen molar-refractivity contribution in [3.63, 3.8) is 0 Å². The summed E-state index contributed by atoms with van der Waals surface area (Å²) in [5, 5.41) is 13.2. The van der Waals surface area contributed by atoms with Gasteiger partial charge in [-0.2, -0.15) is 0 Å². The maximum atomic E-state index is 10.9. The van der Waals surface area contributed by atoms with E-state index in [1.54, 1.807) is 0 Å². The molecule has 0 aliphatic carbocycles. The lowest BCUT2D eigenvalue weighted by atomic mass is 9.98. The lowest BCUT2D eigenvalue weighted by Gasteiger charge is -2.37. The summed E-state index contributed by atoms with van der Waals surface area (Å²) in [5.74, 6) is -1.43. The number of ether oxygens (including phenoxy) is 1. The van der Waals surface area contributed by atoms with Gasteiger partial charge in [0.25, 0.3) is 0 Å².